The number of benzene rings is 3. The molecule has 1 saturated carbocycles. The lowest BCUT2D eigenvalue weighted by molar-refractivity contribution is 0.252. The minimum Gasteiger partial charge on any atom is -0.115 e. The van der Waals surface area contributed by atoms with E-state index in [1.54, 1.807) is 0 Å². The fraction of sp³-hybridized carbons (Fsp3) is 0.409. The van der Waals surface area contributed by atoms with Gasteiger partial charge in [0.25, 0.3) is 0 Å². The molecule has 1 fully saturated rings. The standard InChI is InChI=1S/C44H52/c1-7-37-21-19-36(30-42(37)31-44(5,6)8-2)29-35-17-22-39(23-18-35)43(33(4)15-16-34-12-10-9-11-13-34)40-26-24-38(25-27-40)41-20-14-32(3)28-41/h1,9-14,19-21,24-28,30,32,35,39,43H,4,8,15-18,22-23,29,31H2,2-3,5-6H3. The summed E-state index contributed by atoms with van der Waals surface area (Å²) in [5.74, 6) is 5.27. The Morgan fingerprint density at radius 1 is 0.955 bits per heavy atom. The van der Waals surface area contributed by atoms with Gasteiger partial charge in [-0.3, -0.25) is 0 Å². The van der Waals surface area contributed by atoms with Crippen LogP contribution in [0.4, 0.5) is 0 Å². The first-order chi connectivity index (χ1) is 21.2. The van der Waals surface area contributed by atoms with Crippen molar-refractivity contribution in [2.45, 2.75) is 91.4 Å². The molecule has 2 aliphatic carbocycles. The minimum absolute atomic E-state index is 0.265. The SMILES string of the molecule is C#Cc1ccc(CC2CCC(C(C(=C)CCc3ccccc3)c3ccc(C4=CC(C)C=C4)cc3)CC2)cc1CC(C)(C)CC. The number of hydrogen-bond acceptors (Lipinski definition) is 0. The zero-order chi connectivity index (χ0) is 31.1. The van der Waals surface area contributed by atoms with Crippen molar-refractivity contribution in [3.63, 3.8) is 0 Å². The average molecular weight is 581 g/mol. The van der Waals surface area contributed by atoms with Crippen LogP contribution in [0.3, 0.4) is 0 Å². The van der Waals surface area contributed by atoms with E-state index in [4.69, 9.17) is 13.0 Å². The second-order valence-electron chi connectivity index (χ2n) is 14.4. The van der Waals surface area contributed by atoms with Crippen molar-refractivity contribution in [1.29, 1.82) is 0 Å². The van der Waals surface area contributed by atoms with E-state index < -0.39 is 0 Å². The summed E-state index contributed by atoms with van der Waals surface area (Å²) in [6.45, 7) is 14.0. The molecule has 0 aliphatic heterocycles. The van der Waals surface area contributed by atoms with Crippen LogP contribution >= 0.6 is 0 Å². The van der Waals surface area contributed by atoms with E-state index in [-0.39, 0.29) is 5.41 Å². The zero-order valence-electron chi connectivity index (χ0n) is 27.6. The molecule has 44 heavy (non-hydrogen) atoms. The van der Waals surface area contributed by atoms with Crippen molar-refractivity contribution in [3.05, 3.63) is 137 Å². The number of aryl methyl sites for hydroxylation is 1. The van der Waals surface area contributed by atoms with Gasteiger partial charge in [-0.05, 0) is 114 Å². The molecule has 2 unspecified atom stereocenters. The summed E-state index contributed by atoms with van der Waals surface area (Å²) >= 11 is 0. The van der Waals surface area contributed by atoms with Crippen LogP contribution in [0, 0.1) is 35.5 Å². The van der Waals surface area contributed by atoms with Gasteiger partial charge in [-0.1, -0.05) is 137 Å². The highest BCUT2D eigenvalue weighted by atomic mass is 14.4. The average Bonchev–Trinajstić information content (AvgIpc) is 3.48. The van der Waals surface area contributed by atoms with Gasteiger partial charge in [0.1, 0.15) is 0 Å². The molecular formula is C44H52. The normalized spacial score (nSPS) is 20.6. The van der Waals surface area contributed by atoms with Crippen molar-refractivity contribution >= 4 is 5.57 Å². The van der Waals surface area contributed by atoms with E-state index >= 15 is 0 Å². The van der Waals surface area contributed by atoms with Crippen LogP contribution < -0.4 is 0 Å². The molecular weight excluding hydrogens is 528 g/mol. The molecule has 0 heteroatoms. The summed E-state index contributed by atoms with van der Waals surface area (Å²) < 4.78 is 0. The lowest BCUT2D eigenvalue weighted by Crippen LogP contribution is -2.23. The monoisotopic (exact) mass is 580 g/mol. The molecule has 0 amide bonds. The lowest BCUT2D eigenvalue weighted by Gasteiger charge is -2.36. The molecule has 3 aromatic carbocycles. The van der Waals surface area contributed by atoms with E-state index in [0.717, 1.165) is 43.6 Å². The quantitative estimate of drug-likeness (QED) is 0.148. The maximum atomic E-state index is 5.90. The lowest BCUT2D eigenvalue weighted by atomic mass is 9.69. The van der Waals surface area contributed by atoms with Crippen LogP contribution in [0.5, 0.6) is 0 Å². The van der Waals surface area contributed by atoms with E-state index in [1.807, 2.05) is 0 Å². The fourth-order valence-corrected chi connectivity index (χ4v) is 7.43. The first kappa shape index (κ1) is 31.9. The Labute approximate surface area is 268 Å². The van der Waals surface area contributed by atoms with Gasteiger partial charge in [-0.2, -0.15) is 0 Å². The molecule has 0 bridgehead atoms. The summed E-state index contributed by atoms with van der Waals surface area (Å²) in [5, 5.41) is 0. The maximum absolute atomic E-state index is 5.90. The van der Waals surface area contributed by atoms with Gasteiger partial charge in [-0.25, -0.2) is 0 Å². The molecule has 0 nitrogen and oxygen atoms in total. The Morgan fingerprint density at radius 3 is 2.32 bits per heavy atom. The Balaban J connectivity index is 1.28. The molecule has 0 N–H and O–H groups in total. The van der Waals surface area contributed by atoms with Crippen molar-refractivity contribution in [3.8, 4) is 12.3 Å². The first-order valence-corrected chi connectivity index (χ1v) is 17.0. The van der Waals surface area contributed by atoms with Gasteiger partial charge in [0, 0.05) is 11.5 Å². The van der Waals surface area contributed by atoms with Gasteiger partial charge in [0.05, 0.1) is 0 Å². The maximum Gasteiger partial charge on any atom is 0.0275 e. The van der Waals surface area contributed by atoms with E-state index in [2.05, 4.69) is 125 Å². The van der Waals surface area contributed by atoms with Crippen LogP contribution in [0.25, 0.3) is 5.57 Å². The first-order valence-electron chi connectivity index (χ1n) is 17.0. The van der Waals surface area contributed by atoms with Gasteiger partial charge < -0.3 is 0 Å². The van der Waals surface area contributed by atoms with Crippen molar-refractivity contribution in [2.24, 2.45) is 23.2 Å². The Kier molecular flexibility index (Phi) is 10.5. The number of rotatable bonds is 12. The second kappa shape index (κ2) is 14.5. The van der Waals surface area contributed by atoms with E-state index in [9.17, 15) is 0 Å². The summed E-state index contributed by atoms with van der Waals surface area (Å²) in [6.07, 6.45) is 23.4. The molecule has 2 atom stereocenters. The van der Waals surface area contributed by atoms with Crippen LogP contribution in [0.1, 0.15) is 106 Å². The van der Waals surface area contributed by atoms with Gasteiger partial charge in [0.2, 0.25) is 0 Å². The summed E-state index contributed by atoms with van der Waals surface area (Å²) in [5.41, 5.74) is 11.0. The Bertz CT molecular complexity index is 1500. The van der Waals surface area contributed by atoms with Crippen LogP contribution in [0.15, 0.2) is 103 Å². The highest BCUT2D eigenvalue weighted by Gasteiger charge is 2.30. The molecule has 0 radical (unpaired) electrons. The third-order valence-electron chi connectivity index (χ3n) is 10.5. The predicted octanol–water partition coefficient (Wildman–Crippen LogP) is 11.6. The summed E-state index contributed by atoms with van der Waals surface area (Å²) in [7, 11) is 0. The summed E-state index contributed by atoms with van der Waals surface area (Å²) in [4.78, 5) is 0. The van der Waals surface area contributed by atoms with Gasteiger partial charge in [0.15, 0.2) is 0 Å². The van der Waals surface area contributed by atoms with E-state index in [1.165, 1.54) is 64.6 Å². The number of hydrogen-bond donors (Lipinski definition) is 0. The number of terminal acetylenes is 1. The minimum atomic E-state index is 0.265. The molecule has 5 rings (SSSR count). The van der Waals surface area contributed by atoms with Crippen LogP contribution in [0.2, 0.25) is 0 Å². The van der Waals surface area contributed by atoms with Gasteiger partial charge in [-0.15, -0.1) is 6.42 Å². The van der Waals surface area contributed by atoms with E-state index in [0.29, 0.717) is 17.8 Å². The van der Waals surface area contributed by atoms with Crippen molar-refractivity contribution < 1.29 is 0 Å². The molecule has 0 heterocycles. The molecule has 0 aromatic heterocycles. The Hall–Kier alpha value is -3.56. The number of allylic oxidation sites excluding steroid dienone is 5. The molecule has 0 saturated heterocycles. The smallest absolute Gasteiger partial charge is 0.0275 e. The molecule has 0 spiro atoms. The molecule has 228 valence electrons. The topological polar surface area (TPSA) is 0 Å². The summed E-state index contributed by atoms with van der Waals surface area (Å²) in [6, 6.07) is 27.3. The Morgan fingerprint density at radius 2 is 1.68 bits per heavy atom. The molecule has 3 aromatic rings. The third kappa shape index (κ3) is 8.12. The third-order valence-corrected chi connectivity index (χ3v) is 10.5. The second-order valence-corrected chi connectivity index (χ2v) is 14.4. The van der Waals surface area contributed by atoms with Crippen LogP contribution in [-0.4, -0.2) is 0 Å². The molecule has 2 aliphatic rings. The van der Waals surface area contributed by atoms with Crippen molar-refractivity contribution in [2.75, 3.05) is 0 Å². The largest absolute Gasteiger partial charge is 0.115 e. The van der Waals surface area contributed by atoms with Crippen molar-refractivity contribution in [1.82, 2.24) is 0 Å². The zero-order valence-corrected chi connectivity index (χ0v) is 27.6. The predicted molar refractivity (Wildman–Crippen MR) is 191 cm³/mol. The highest BCUT2D eigenvalue weighted by molar-refractivity contribution is 5.76. The van der Waals surface area contributed by atoms with Gasteiger partial charge >= 0.3 is 0 Å². The fourth-order valence-electron chi connectivity index (χ4n) is 7.43. The van der Waals surface area contributed by atoms with Crippen LogP contribution in [-0.2, 0) is 19.3 Å². The highest BCUT2D eigenvalue weighted by Crippen LogP contribution is 2.44.